The van der Waals surface area contributed by atoms with Crippen LogP contribution in [-0.4, -0.2) is 97.7 Å². The normalized spacial score (nSPS) is 16.9. The first-order valence-electron chi connectivity index (χ1n) is 14.2. The van der Waals surface area contributed by atoms with Crippen LogP contribution in [0, 0.1) is 0 Å². The van der Waals surface area contributed by atoms with Crippen LogP contribution in [0.15, 0.2) is 48.7 Å². The van der Waals surface area contributed by atoms with E-state index in [0.717, 1.165) is 11.0 Å². The maximum Gasteiger partial charge on any atom is 0.418 e. The monoisotopic (exact) mass is 631 g/mol. The average molecular weight is 632 g/mol. The summed E-state index contributed by atoms with van der Waals surface area (Å²) in [4.78, 5) is 42.5. The molecular formula is C30H33ClF3N7O3. The average Bonchev–Trinajstić information content (AvgIpc) is 3.32. The van der Waals surface area contributed by atoms with Crippen LogP contribution in [0.25, 0.3) is 11.3 Å². The predicted molar refractivity (Wildman–Crippen MR) is 161 cm³/mol. The highest BCUT2D eigenvalue weighted by molar-refractivity contribution is 6.30. The number of halogens is 4. The van der Waals surface area contributed by atoms with Gasteiger partial charge in [-0.05, 0) is 63.5 Å². The summed E-state index contributed by atoms with van der Waals surface area (Å²) >= 11 is 5.86. The van der Waals surface area contributed by atoms with Gasteiger partial charge in [0.05, 0.1) is 40.8 Å². The van der Waals surface area contributed by atoms with E-state index < -0.39 is 23.8 Å². The van der Waals surface area contributed by atoms with Gasteiger partial charge in [-0.2, -0.15) is 13.2 Å². The molecular weight excluding hydrogens is 599 g/mol. The molecule has 0 spiro atoms. The van der Waals surface area contributed by atoms with Gasteiger partial charge in [-0.15, -0.1) is 0 Å². The van der Waals surface area contributed by atoms with Crippen LogP contribution in [-0.2, 0) is 6.18 Å². The first kappa shape index (κ1) is 31.3. The second kappa shape index (κ2) is 12.9. The Morgan fingerprint density at radius 2 is 1.91 bits per heavy atom. The van der Waals surface area contributed by atoms with Crippen LogP contribution >= 0.6 is 11.6 Å². The second-order valence-corrected chi connectivity index (χ2v) is 11.2. The third-order valence-electron chi connectivity index (χ3n) is 7.51. The van der Waals surface area contributed by atoms with Gasteiger partial charge in [0.15, 0.2) is 5.69 Å². The van der Waals surface area contributed by atoms with Gasteiger partial charge in [0.25, 0.3) is 5.91 Å². The van der Waals surface area contributed by atoms with Gasteiger partial charge in [-0.3, -0.25) is 9.69 Å². The number of hydrogen-bond acceptors (Lipinski definition) is 7. The van der Waals surface area contributed by atoms with Gasteiger partial charge in [-0.25, -0.2) is 14.8 Å². The summed E-state index contributed by atoms with van der Waals surface area (Å²) in [7, 11) is 3.81. The second-order valence-electron chi connectivity index (χ2n) is 10.8. The number of amides is 3. The lowest BCUT2D eigenvalue weighted by molar-refractivity contribution is -0.137. The summed E-state index contributed by atoms with van der Waals surface area (Å²) in [5.74, 6) is 0.0286. The largest absolute Gasteiger partial charge is 0.477 e. The van der Waals surface area contributed by atoms with Crippen LogP contribution in [0.2, 0.25) is 5.02 Å². The number of anilines is 2. The van der Waals surface area contributed by atoms with Crippen molar-refractivity contribution in [3.05, 3.63) is 64.9 Å². The van der Waals surface area contributed by atoms with Crippen LogP contribution in [0.1, 0.15) is 23.0 Å². The van der Waals surface area contributed by atoms with Gasteiger partial charge in [0.1, 0.15) is 0 Å². The van der Waals surface area contributed by atoms with Crippen molar-refractivity contribution < 1.29 is 27.5 Å². The molecule has 2 aliphatic rings. The van der Waals surface area contributed by atoms with Crippen molar-refractivity contribution >= 4 is 34.9 Å². The van der Waals surface area contributed by atoms with Crippen LogP contribution < -0.4 is 19.9 Å². The minimum Gasteiger partial charge on any atom is -0.477 e. The lowest BCUT2D eigenvalue weighted by Crippen LogP contribution is -2.52. The number of hydrogen-bond donors (Lipinski definition) is 1. The van der Waals surface area contributed by atoms with Crippen molar-refractivity contribution in [2.24, 2.45) is 0 Å². The van der Waals surface area contributed by atoms with Crippen molar-refractivity contribution in [2.45, 2.75) is 19.1 Å². The fourth-order valence-corrected chi connectivity index (χ4v) is 5.61. The summed E-state index contributed by atoms with van der Waals surface area (Å²) < 4.78 is 47.3. The molecule has 0 saturated carbocycles. The molecule has 5 rings (SSSR count). The minimum atomic E-state index is -4.69. The van der Waals surface area contributed by atoms with E-state index in [1.807, 2.05) is 36.9 Å². The third kappa shape index (κ3) is 6.53. The Balaban J connectivity index is 1.45. The molecule has 3 amide bonds. The number of aromatic nitrogens is 2. The number of alkyl halides is 3. The molecule has 4 heterocycles. The molecule has 44 heavy (non-hydrogen) atoms. The van der Waals surface area contributed by atoms with Crippen molar-refractivity contribution in [2.75, 3.05) is 69.8 Å². The molecule has 1 atom stereocenters. The molecule has 3 aromatic rings. The van der Waals surface area contributed by atoms with Gasteiger partial charge in [-0.1, -0.05) is 11.6 Å². The van der Waals surface area contributed by atoms with E-state index in [0.29, 0.717) is 55.6 Å². The number of pyridine rings is 2. The SMILES string of the molecule is CCOc1ncccc1-c1ccc(N2CCN3C(=O)N(c4ccc(Cl)cc4C(F)(F)F)CC3C2)c(C(=O)NCCN(C)C)n1. The Hall–Kier alpha value is -4.10. The molecule has 10 nitrogen and oxygen atoms in total. The Kier molecular flexibility index (Phi) is 9.16. The Labute approximate surface area is 258 Å². The number of ether oxygens (including phenoxy) is 1. The highest BCUT2D eigenvalue weighted by atomic mass is 35.5. The summed E-state index contributed by atoms with van der Waals surface area (Å²) in [5, 5.41) is 2.86. The number of carbonyl (C=O) groups excluding carboxylic acids is 2. The smallest absolute Gasteiger partial charge is 0.418 e. The molecule has 1 N–H and O–H groups in total. The van der Waals surface area contributed by atoms with Crippen LogP contribution in [0.3, 0.4) is 0 Å². The lowest BCUT2D eigenvalue weighted by atomic mass is 10.1. The molecule has 0 aliphatic carbocycles. The zero-order chi connectivity index (χ0) is 31.6. The molecule has 2 aromatic heterocycles. The summed E-state index contributed by atoms with van der Waals surface area (Å²) in [5.41, 5.74) is 0.694. The standard InChI is InChI=1S/C30H33ClF3N7O3/c1-4-44-28-21(6-5-11-36-28)23-8-10-25(26(37-23)27(42)35-12-13-38(2)3)39-14-15-40-20(17-39)18-41(29(40)43)24-9-7-19(31)16-22(24)30(32,33)34/h5-11,16,20H,4,12-15,17-18H2,1-3H3,(H,35,42). The first-order valence-corrected chi connectivity index (χ1v) is 14.6. The Morgan fingerprint density at radius 3 is 2.64 bits per heavy atom. The summed E-state index contributed by atoms with van der Waals surface area (Å²) in [6.45, 7) is 4.24. The molecule has 0 bridgehead atoms. The molecule has 14 heteroatoms. The number of piperazine rings is 1. The molecule has 2 aliphatic heterocycles. The number of carbonyl (C=O) groups is 2. The fraction of sp³-hybridized carbons (Fsp3) is 0.400. The number of likely N-dealkylation sites (N-methyl/N-ethyl adjacent to an activating group) is 1. The van der Waals surface area contributed by atoms with Gasteiger partial charge < -0.3 is 24.8 Å². The predicted octanol–water partition coefficient (Wildman–Crippen LogP) is 4.64. The minimum absolute atomic E-state index is 0.0450. The van der Waals surface area contributed by atoms with E-state index in [-0.39, 0.29) is 35.4 Å². The third-order valence-corrected chi connectivity index (χ3v) is 7.74. The molecule has 2 fully saturated rings. The van der Waals surface area contributed by atoms with Gasteiger partial charge >= 0.3 is 12.2 Å². The Morgan fingerprint density at radius 1 is 1.14 bits per heavy atom. The quantitative estimate of drug-likeness (QED) is 0.368. The van der Waals surface area contributed by atoms with Crippen LogP contribution in [0.5, 0.6) is 5.88 Å². The van der Waals surface area contributed by atoms with Crippen LogP contribution in [0.4, 0.5) is 29.3 Å². The van der Waals surface area contributed by atoms with Crippen molar-refractivity contribution in [3.63, 3.8) is 0 Å². The van der Waals surface area contributed by atoms with Gasteiger partial charge in [0.2, 0.25) is 5.88 Å². The van der Waals surface area contributed by atoms with E-state index in [1.165, 1.54) is 12.1 Å². The van der Waals surface area contributed by atoms with E-state index in [9.17, 15) is 22.8 Å². The van der Waals surface area contributed by atoms with E-state index >= 15 is 0 Å². The Bertz CT molecular complexity index is 1540. The molecule has 1 unspecified atom stereocenters. The zero-order valence-corrected chi connectivity index (χ0v) is 25.3. The maximum absolute atomic E-state index is 13.9. The number of urea groups is 1. The highest BCUT2D eigenvalue weighted by Crippen LogP contribution is 2.40. The first-order chi connectivity index (χ1) is 21.0. The highest BCUT2D eigenvalue weighted by Gasteiger charge is 2.45. The van der Waals surface area contributed by atoms with E-state index in [4.69, 9.17) is 21.3 Å². The zero-order valence-electron chi connectivity index (χ0n) is 24.6. The molecule has 2 saturated heterocycles. The van der Waals surface area contributed by atoms with E-state index in [1.54, 1.807) is 29.3 Å². The van der Waals surface area contributed by atoms with Crippen molar-refractivity contribution in [1.29, 1.82) is 0 Å². The number of rotatable bonds is 9. The molecule has 0 radical (unpaired) electrons. The summed E-state index contributed by atoms with van der Waals surface area (Å²) in [6.07, 6.45) is -3.07. The molecule has 234 valence electrons. The van der Waals surface area contributed by atoms with Crippen molar-refractivity contribution in [1.82, 2.24) is 25.1 Å². The summed E-state index contributed by atoms with van der Waals surface area (Å²) in [6, 6.07) is 9.65. The number of benzene rings is 1. The number of nitrogens with zero attached hydrogens (tertiary/aromatic N) is 6. The van der Waals surface area contributed by atoms with E-state index in [2.05, 4.69) is 10.3 Å². The van der Waals surface area contributed by atoms with Gasteiger partial charge in [0, 0.05) is 50.5 Å². The topological polar surface area (TPSA) is 94.1 Å². The maximum atomic E-state index is 13.9. The number of nitrogens with one attached hydrogen (secondary N) is 1. The molecule has 1 aromatic carbocycles. The fourth-order valence-electron chi connectivity index (χ4n) is 5.44. The van der Waals surface area contributed by atoms with Crippen molar-refractivity contribution in [3.8, 4) is 17.1 Å². The lowest BCUT2D eigenvalue weighted by Gasteiger charge is -2.38. The number of fused-ring (bicyclic) bond motifs is 1.